The van der Waals surface area contributed by atoms with Crippen molar-refractivity contribution in [3.8, 4) is 0 Å². The van der Waals surface area contributed by atoms with E-state index < -0.39 is 4.92 Å². The molecule has 1 aromatic heterocycles. The van der Waals surface area contributed by atoms with Crippen LogP contribution in [-0.2, 0) is 0 Å². The van der Waals surface area contributed by atoms with Gasteiger partial charge >= 0.3 is 0 Å². The van der Waals surface area contributed by atoms with Crippen LogP contribution in [0, 0.1) is 10.1 Å². The molecule has 0 aliphatic carbocycles. The maximum Gasteiger partial charge on any atom is 0.269 e. The first-order chi connectivity index (χ1) is 10.1. The summed E-state index contributed by atoms with van der Waals surface area (Å²) in [4.78, 5) is 18.6. The number of nitro benzene ring substituents is 1. The molecule has 110 valence electrons. The molecule has 0 atom stereocenters. The van der Waals surface area contributed by atoms with Gasteiger partial charge in [-0.05, 0) is 12.1 Å². The van der Waals surface area contributed by atoms with Crippen molar-refractivity contribution in [3.05, 3.63) is 34.4 Å². The van der Waals surface area contributed by atoms with Gasteiger partial charge in [0.1, 0.15) is 0 Å². The summed E-state index contributed by atoms with van der Waals surface area (Å²) in [6.45, 7) is 3.14. The largest absolute Gasteiger partial charge is 0.368 e. The van der Waals surface area contributed by atoms with Gasteiger partial charge in [-0.25, -0.2) is 5.10 Å². The van der Waals surface area contributed by atoms with Gasteiger partial charge in [0.05, 0.1) is 4.92 Å². The molecule has 3 N–H and O–H groups in total. The SMILES string of the molecule is Nc1nc(N2CCN(c3ccc([N+](=O)[O-])cc3)CC2)n[nH]1. The molecule has 1 saturated heterocycles. The number of piperazine rings is 1. The number of non-ortho nitro benzene ring substituents is 1. The zero-order chi connectivity index (χ0) is 14.8. The third-order valence-electron chi connectivity index (χ3n) is 3.48. The number of H-pyrrole nitrogens is 1. The Kier molecular flexibility index (Phi) is 3.30. The van der Waals surface area contributed by atoms with E-state index in [4.69, 9.17) is 5.73 Å². The minimum absolute atomic E-state index is 0.105. The van der Waals surface area contributed by atoms with Gasteiger partial charge in [-0.3, -0.25) is 10.1 Å². The Morgan fingerprint density at radius 3 is 2.29 bits per heavy atom. The summed E-state index contributed by atoms with van der Waals surface area (Å²) < 4.78 is 0. The fourth-order valence-electron chi connectivity index (χ4n) is 2.36. The van der Waals surface area contributed by atoms with E-state index in [1.54, 1.807) is 12.1 Å². The van der Waals surface area contributed by atoms with Crippen LogP contribution in [0.5, 0.6) is 0 Å². The summed E-state index contributed by atoms with van der Waals surface area (Å²) in [5, 5.41) is 17.3. The second-order valence-electron chi connectivity index (χ2n) is 4.77. The monoisotopic (exact) mass is 289 g/mol. The molecule has 0 bridgehead atoms. The molecule has 2 heterocycles. The van der Waals surface area contributed by atoms with Gasteiger partial charge in [-0.15, -0.1) is 5.10 Å². The number of aromatic nitrogens is 3. The molecule has 0 saturated carbocycles. The number of nitrogens with zero attached hydrogens (tertiary/aromatic N) is 5. The highest BCUT2D eigenvalue weighted by atomic mass is 16.6. The topological polar surface area (TPSA) is 117 Å². The molecule has 21 heavy (non-hydrogen) atoms. The molecule has 0 unspecified atom stereocenters. The maximum absolute atomic E-state index is 10.6. The van der Waals surface area contributed by atoms with Crippen molar-refractivity contribution in [2.24, 2.45) is 0 Å². The Hall–Kier alpha value is -2.84. The Morgan fingerprint density at radius 1 is 1.14 bits per heavy atom. The number of anilines is 3. The summed E-state index contributed by atoms with van der Waals surface area (Å²) in [5.74, 6) is 0.915. The Bertz CT molecular complexity index is 631. The smallest absolute Gasteiger partial charge is 0.269 e. The molecular weight excluding hydrogens is 274 g/mol. The van der Waals surface area contributed by atoms with Crippen LogP contribution in [0.3, 0.4) is 0 Å². The van der Waals surface area contributed by atoms with Crippen LogP contribution < -0.4 is 15.5 Å². The molecular formula is C12H15N7O2. The molecule has 9 nitrogen and oxygen atoms in total. The number of nitrogen functional groups attached to an aromatic ring is 1. The molecule has 2 aromatic rings. The Labute approximate surface area is 120 Å². The van der Waals surface area contributed by atoms with Crippen molar-refractivity contribution in [3.63, 3.8) is 0 Å². The lowest BCUT2D eigenvalue weighted by atomic mass is 10.2. The number of rotatable bonds is 3. The maximum atomic E-state index is 10.6. The predicted octanol–water partition coefficient (Wildman–Crippen LogP) is 0.622. The van der Waals surface area contributed by atoms with Crippen LogP contribution in [-0.4, -0.2) is 46.3 Å². The molecule has 0 amide bonds. The first kappa shape index (κ1) is 13.2. The van der Waals surface area contributed by atoms with E-state index in [0.717, 1.165) is 31.9 Å². The number of nitrogens with two attached hydrogens (primary N) is 1. The van der Waals surface area contributed by atoms with E-state index in [1.807, 2.05) is 0 Å². The van der Waals surface area contributed by atoms with E-state index in [-0.39, 0.29) is 5.69 Å². The van der Waals surface area contributed by atoms with Crippen molar-refractivity contribution in [2.45, 2.75) is 0 Å². The fourth-order valence-corrected chi connectivity index (χ4v) is 2.36. The van der Waals surface area contributed by atoms with Gasteiger partial charge in [0.15, 0.2) is 0 Å². The van der Waals surface area contributed by atoms with Crippen LogP contribution in [0.2, 0.25) is 0 Å². The van der Waals surface area contributed by atoms with Crippen LogP contribution in [0.4, 0.5) is 23.3 Å². The van der Waals surface area contributed by atoms with Gasteiger partial charge in [-0.2, -0.15) is 4.98 Å². The predicted molar refractivity (Wildman–Crippen MR) is 78.3 cm³/mol. The zero-order valence-electron chi connectivity index (χ0n) is 11.3. The highest BCUT2D eigenvalue weighted by Gasteiger charge is 2.20. The lowest BCUT2D eigenvalue weighted by Crippen LogP contribution is -2.47. The summed E-state index contributed by atoms with van der Waals surface area (Å²) in [6, 6.07) is 6.60. The van der Waals surface area contributed by atoms with Crippen LogP contribution in [0.1, 0.15) is 0 Å². The number of nitrogens with one attached hydrogen (secondary N) is 1. The van der Waals surface area contributed by atoms with Crippen LogP contribution in [0.15, 0.2) is 24.3 Å². The lowest BCUT2D eigenvalue weighted by molar-refractivity contribution is -0.384. The highest BCUT2D eigenvalue weighted by Crippen LogP contribution is 2.21. The molecule has 0 radical (unpaired) electrons. The van der Waals surface area contributed by atoms with E-state index in [9.17, 15) is 10.1 Å². The molecule has 1 aromatic carbocycles. The zero-order valence-corrected chi connectivity index (χ0v) is 11.3. The van der Waals surface area contributed by atoms with Crippen molar-refractivity contribution in [1.82, 2.24) is 15.2 Å². The normalized spacial score (nSPS) is 15.2. The second-order valence-corrected chi connectivity index (χ2v) is 4.77. The minimum Gasteiger partial charge on any atom is -0.368 e. The quantitative estimate of drug-likeness (QED) is 0.628. The first-order valence-electron chi connectivity index (χ1n) is 6.56. The lowest BCUT2D eigenvalue weighted by Gasteiger charge is -2.35. The van der Waals surface area contributed by atoms with Crippen LogP contribution in [0.25, 0.3) is 0 Å². The van der Waals surface area contributed by atoms with E-state index in [1.165, 1.54) is 12.1 Å². The van der Waals surface area contributed by atoms with Crippen LogP contribution >= 0.6 is 0 Å². The van der Waals surface area contributed by atoms with Gasteiger partial charge < -0.3 is 15.5 Å². The summed E-state index contributed by atoms with van der Waals surface area (Å²) in [7, 11) is 0. The van der Waals surface area contributed by atoms with Gasteiger partial charge in [-0.1, -0.05) is 0 Å². The average Bonchev–Trinajstić information content (AvgIpc) is 2.94. The standard InChI is InChI=1S/C12H15N7O2/c13-11-14-12(16-15-11)18-7-5-17(6-8-18)9-1-3-10(4-2-9)19(20)21/h1-4H,5-8H2,(H3,13,14,15,16). The van der Waals surface area contributed by atoms with Crippen molar-refractivity contribution < 1.29 is 4.92 Å². The minimum atomic E-state index is -0.393. The van der Waals surface area contributed by atoms with Crippen molar-refractivity contribution >= 4 is 23.3 Å². The number of aromatic amines is 1. The van der Waals surface area contributed by atoms with E-state index >= 15 is 0 Å². The molecule has 0 spiro atoms. The first-order valence-corrected chi connectivity index (χ1v) is 6.56. The summed E-state index contributed by atoms with van der Waals surface area (Å²) >= 11 is 0. The van der Waals surface area contributed by atoms with E-state index in [0.29, 0.717) is 11.9 Å². The molecule has 1 fully saturated rings. The van der Waals surface area contributed by atoms with E-state index in [2.05, 4.69) is 25.0 Å². The van der Waals surface area contributed by atoms with Gasteiger partial charge in [0, 0.05) is 44.0 Å². The second kappa shape index (κ2) is 5.27. The third kappa shape index (κ3) is 2.71. The van der Waals surface area contributed by atoms with Crippen molar-refractivity contribution in [1.29, 1.82) is 0 Å². The number of nitro groups is 1. The highest BCUT2D eigenvalue weighted by molar-refractivity contribution is 5.52. The molecule has 9 heteroatoms. The Balaban J connectivity index is 1.64. The molecule has 3 rings (SSSR count). The number of hydrogen-bond donors (Lipinski definition) is 2. The van der Waals surface area contributed by atoms with Crippen molar-refractivity contribution in [2.75, 3.05) is 41.7 Å². The summed E-state index contributed by atoms with van der Waals surface area (Å²) in [5.41, 5.74) is 6.61. The number of hydrogen-bond acceptors (Lipinski definition) is 7. The van der Waals surface area contributed by atoms with Gasteiger partial charge in [0.2, 0.25) is 11.9 Å². The molecule has 1 aliphatic heterocycles. The molecule has 1 aliphatic rings. The Morgan fingerprint density at radius 2 is 1.76 bits per heavy atom. The summed E-state index contributed by atoms with van der Waals surface area (Å²) in [6.07, 6.45) is 0. The van der Waals surface area contributed by atoms with Gasteiger partial charge in [0.25, 0.3) is 5.69 Å². The average molecular weight is 289 g/mol. The number of benzene rings is 1. The third-order valence-corrected chi connectivity index (χ3v) is 3.48. The fraction of sp³-hybridized carbons (Fsp3) is 0.333.